The van der Waals surface area contributed by atoms with Crippen LogP contribution in [0.2, 0.25) is 0 Å². The summed E-state index contributed by atoms with van der Waals surface area (Å²) in [5.74, 6) is 0.816. The second-order valence-corrected chi connectivity index (χ2v) is 7.95. The van der Waals surface area contributed by atoms with Crippen molar-refractivity contribution in [1.82, 2.24) is 10.2 Å². The highest BCUT2D eigenvalue weighted by Gasteiger charge is 2.38. The lowest BCUT2D eigenvalue weighted by molar-refractivity contribution is 0.242. The van der Waals surface area contributed by atoms with Crippen molar-refractivity contribution in [2.45, 2.75) is 52.6 Å². The van der Waals surface area contributed by atoms with E-state index in [2.05, 4.69) is 62.2 Å². The predicted octanol–water partition coefficient (Wildman–Crippen LogP) is 3.63. The van der Waals surface area contributed by atoms with Crippen LogP contribution in [0.4, 0.5) is 0 Å². The van der Waals surface area contributed by atoms with Gasteiger partial charge in [-0.3, -0.25) is 0 Å². The van der Waals surface area contributed by atoms with Crippen LogP contribution < -0.4 is 5.32 Å². The van der Waals surface area contributed by atoms with Crippen molar-refractivity contribution in [3.63, 3.8) is 0 Å². The smallest absolute Gasteiger partial charge is 0.0377 e. The summed E-state index contributed by atoms with van der Waals surface area (Å²) in [6.07, 6.45) is 2.55. The van der Waals surface area contributed by atoms with Crippen molar-refractivity contribution >= 4 is 0 Å². The summed E-state index contributed by atoms with van der Waals surface area (Å²) in [6, 6.07) is 10.2. The van der Waals surface area contributed by atoms with Gasteiger partial charge in [0.05, 0.1) is 0 Å². The first kappa shape index (κ1) is 15.1. The van der Waals surface area contributed by atoms with Crippen molar-refractivity contribution in [1.29, 1.82) is 0 Å². The first-order valence-electron chi connectivity index (χ1n) is 8.52. The monoisotopic (exact) mass is 286 g/mol. The molecule has 21 heavy (non-hydrogen) atoms. The Bertz CT molecular complexity index is 492. The first-order chi connectivity index (χ1) is 9.97. The molecule has 3 rings (SSSR count). The van der Waals surface area contributed by atoms with Gasteiger partial charge < -0.3 is 10.2 Å². The van der Waals surface area contributed by atoms with Crippen molar-refractivity contribution in [3.8, 4) is 0 Å². The second kappa shape index (κ2) is 5.73. The standard InChI is InChI=1S/C19H30N2/c1-14(2)21-10-9-15(13-21)12-20-18-17-8-6-5-7-16(17)11-19(18,3)4/h5-8,14-15,18,20H,9-13H2,1-4H3. The van der Waals surface area contributed by atoms with Crippen LogP contribution in [0.1, 0.15) is 51.3 Å². The Kier molecular flexibility index (Phi) is 4.11. The van der Waals surface area contributed by atoms with Crippen molar-refractivity contribution in [2.75, 3.05) is 19.6 Å². The Labute approximate surface area is 129 Å². The van der Waals surface area contributed by atoms with Gasteiger partial charge >= 0.3 is 0 Å². The average Bonchev–Trinajstić information content (AvgIpc) is 2.97. The molecule has 0 spiro atoms. The predicted molar refractivity (Wildman–Crippen MR) is 89.5 cm³/mol. The number of nitrogens with one attached hydrogen (secondary N) is 1. The molecule has 0 radical (unpaired) electrons. The molecule has 2 aliphatic rings. The molecule has 0 bridgehead atoms. The SMILES string of the molecule is CC(C)N1CCC(CNC2c3ccccc3CC2(C)C)C1. The molecule has 1 aromatic carbocycles. The Morgan fingerprint density at radius 2 is 2.05 bits per heavy atom. The highest BCUT2D eigenvalue weighted by Crippen LogP contribution is 2.45. The van der Waals surface area contributed by atoms with E-state index in [9.17, 15) is 0 Å². The third kappa shape index (κ3) is 3.02. The summed E-state index contributed by atoms with van der Waals surface area (Å²) in [4.78, 5) is 2.61. The largest absolute Gasteiger partial charge is 0.309 e. The molecule has 2 nitrogen and oxygen atoms in total. The summed E-state index contributed by atoms with van der Waals surface area (Å²) in [7, 11) is 0. The van der Waals surface area contributed by atoms with Crippen LogP contribution in [-0.4, -0.2) is 30.6 Å². The first-order valence-corrected chi connectivity index (χ1v) is 8.52. The van der Waals surface area contributed by atoms with Gasteiger partial charge in [0.1, 0.15) is 0 Å². The summed E-state index contributed by atoms with van der Waals surface area (Å²) in [5, 5.41) is 3.90. The number of likely N-dealkylation sites (tertiary alicyclic amines) is 1. The lowest BCUT2D eigenvalue weighted by Gasteiger charge is -2.30. The number of nitrogens with zero attached hydrogens (tertiary/aromatic N) is 1. The maximum absolute atomic E-state index is 3.90. The molecule has 1 aliphatic carbocycles. The van der Waals surface area contributed by atoms with Gasteiger partial charge in [-0.2, -0.15) is 0 Å². The van der Waals surface area contributed by atoms with Gasteiger partial charge in [0.15, 0.2) is 0 Å². The highest BCUT2D eigenvalue weighted by molar-refractivity contribution is 5.37. The summed E-state index contributed by atoms with van der Waals surface area (Å²) in [5.41, 5.74) is 3.40. The quantitative estimate of drug-likeness (QED) is 0.909. The lowest BCUT2D eigenvalue weighted by atomic mass is 9.85. The summed E-state index contributed by atoms with van der Waals surface area (Å²) in [6.45, 7) is 13.1. The van der Waals surface area contributed by atoms with Gasteiger partial charge in [0.25, 0.3) is 0 Å². The fraction of sp³-hybridized carbons (Fsp3) is 0.684. The Morgan fingerprint density at radius 3 is 2.76 bits per heavy atom. The van der Waals surface area contributed by atoms with E-state index in [0.717, 1.165) is 12.5 Å². The molecule has 2 unspecified atom stereocenters. The average molecular weight is 286 g/mol. The Balaban J connectivity index is 1.63. The molecule has 1 N–H and O–H groups in total. The van der Waals surface area contributed by atoms with Gasteiger partial charge in [0, 0.05) is 18.6 Å². The van der Waals surface area contributed by atoms with Gasteiger partial charge in [-0.1, -0.05) is 38.1 Å². The minimum Gasteiger partial charge on any atom is -0.309 e. The fourth-order valence-electron chi connectivity index (χ4n) is 4.16. The molecule has 1 aromatic rings. The topological polar surface area (TPSA) is 15.3 Å². The van der Waals surface area contributed by atoms with E-state index in [1.807, 2.05) is 0 Å². The maximum atomic E-state index is 3.90. The molecule has 1 fully saturated rings. The highest BCUT2D eigenvalue weighted by atomic mass is 15.2. The molecule has 2 atom stereocenters. The minimum absolute atomic E-state index is 0.333. The number of rotatable bonds is 4. The molecule has 2 heteroatoms. The molecule has 1 heterocycles. The van der Waals surface area contributed by atoms with Crippen LogP contribution in [0.25, 0.3) is 0 Å². The summed E-state index contributed by atoms with van der Waals surface area (Å²) < 4.78 is 0. The van der Waals surface area contributed by atoms with E-state index in [1.54, 1.807) is 0 Å². The van der Waals surface area contributed by atoms with Gasteiger partial charge in [-0.05, 0) is 62.2 Å². The number of hydrogen-bond donors (Lipinski definition) is 1. The van der Waals surface area contributed by atoms with Crippen LogP contribution in [0, 0.1) is 11.3 Å². The van der Waals surface area contributed by atoms with Crippen molar-refractivity contribution < 1.29 is 0 Å². The molecular formula is C19H30N2. The van der Waals surface area contributed by atoms with Crippen LogP contribution in [0.15, 0.2) is 24.3 Å². The zero-order chi connectivity index (χ0) is 15.0. The van der Waals surface area contributed by atoms with E-state index in [-0.39, 0.29) is 0 Å². The lowest BCUT2D eigenvalue weighted by Crippen LogP contribution is -2.36. The van der Waals surface area contributed by atoms with Gasteiger partial charge in [-0.15, -0.1) is 0 Å². The third-order valence-corrected chi connectivity index (χ3v) is 5.45. The number of hydrogen-bond acceptors (Lipinski definition) is 2. The van der Waals surface area contributed by atoms with E-state index >= 15 is 0 Å². The molecule has 116 valence electrons. The normalized spacial score (nSPS) is 28.2. The number of fused-ring (bicyclic) bond motifs is 1. The molecule has 0 saturated carbocycles. The van der Waals surface area contributed by atoms with E-state index in [4.69, 9.17) is 0 Å². The van der Waals surface area contributed by atoms with Crippen LogP contribution in [0.3, 0.4) is 0 Å². The summed E-state index contributed by atoms with van der Waals surface area (Å²) >= 11 is 0. The van der Waals surface area contributed by atoms with Crippen LogP contribution in [0.5, 0.6) is 0 Å². The molecular weight excluding hydrogens is 256 g/mol. The Hall–Kier alpha value is -0.860. The zero-order valence-electron chi connectivity index (χ0n) is 14.0. The van der Waals surface area contributed by atoms with Gasteiger partial charge in [0.2, 0.25) is 0 Å². The second-order valence-electron chi connectivity index (χ2n) is 7.95. The van der Waals surface area contributed by atoms with E-state index in [0.29, 0.717) is 17.5 Å². The number of benzene rings is 1. The molecule has 1 aliphatic heterocycles. The maximum Gasteiger partial charge on any atom is 0.0377 e. The van der Waals surface area contributed by atoms with Crippen molar-refractivity contribution in [3.05, 3.63) is 35.4 Å². The van der Waals surface area contributed by atoms with Gasteiger partial charge in [-0.25, -0.2) is 0 Å². The van der Waals surface area contributed by atoms with Crippen LogP contribution >= 0.6 is 0 Å². The molecule has 1 saturated heterocycles. The van der Waals surface area contributed by atoms with E-state index in [1.165, 1.54) is 37.1 Å². The fourth-order valence-corrected chi connectivity index (χ4v) is 4.16. The zero-order valence-corrected chi connectivity index (χ0v) is 14.0. The Morgan fingerprint density at radius 1 is 1.29 bits per heavy atom. The third-order valence-electron chi connectivity index (χ3n) is 5.45. The van der Waals surface area contributed by atoms with E-state index < -0.39 is 0 Å². The molecule has 0 aromatic heterocycles. The van der Waals surface area contributed by atoms with Crippen LogP contribution in [-0.2, 0) is 6.42 Å². The van der Waals surface area contributed by atoms with Crippen molar-refractivity contribution in [2.24, 2.45) is 11.3 Å². The molecule has 0 amide bonds. The minimum atomic E-state index is 0.333.